The summed E-state index contributed by atoms with van der Waals surface area (Å²) in [6.45, 7) is 1.64. The lowest BCUT2D eigenvalue weighted by Gasteiger charge is -2.10. The molecule has 7 heteroatoms. The normalized spacial score (nSPS) is 16.2. The number of hydrogen-bond donors (Lipinski definition) is 1. The lowest BCUT2D eigenvalue weighted by atomic mass is 10.0. The van der Waals surface area contributed by atoms with Crippen LogP contribution < -0.4 is 5.32 Å². The number of rotatable bonds is 4. The summed E-state index contributed by atoms with van der Waals surface area (Å²) in [6.07, 6.45) is -0.398. The third kappa shape index (κ3) is 3.24. The molecule has 0 saturated heterocycles. The first-order valence-electron chi connectivity index (χ1n) is 7.38. The first-order chi connectivity index (χ1) is 11.5. The molecule has 2 aromatic carbocycles. The van der Waals surface area contributed by atoms with Crippen LogP contribution in [-0.4, -0.2) is 22.6 Å². The molecule has 0 fully saturated rings. The smallest absolute Gasteiger partial charge is 0.274 e. The van der Waals surface area contributed by atoms with Gasteiger partial charge >= 0.3 is 0 Å². The standard InChI is InChI=1S/C17H15N3O4/c1-11-7-8-13(9-15(11)20(22)23)18-17(21)16-10-14(19-24-16)12-5-3-2-4-6-12/h2-9,16H,10H2,1H3,(H,18,21)/t16-/m1/s1. The summed E-state index contributed by atoms with van der Waals surface area (Å²) < 4.78 is 0. The lowest BCUT2D eigenvalue weighted by Crippen LogP contribution is -2.28. The Morgan fingerprint density at radius 3 is 2.75 bits per heavy atom. The highest BCUT2D eigenvalue weighted by molar-refractivity contribution is 6.06. The zero-order chi connectivity index (χ0) is 17.1. The Morgan fingerprint density at radius 2 is 2.04 bits per heavy atom. The minimum absolute atomic E-state index is 0.0404. The summed E-state index contributed by atoms with van der Waals surface area (Å²) in [6, 6.07) is 14.0. The Hall–Kier alpha value is -3.22. The molecule has 0 saturated carbocycles. The van der Waals surface area contributed by atoms with E-state index in [1.807, 2.05) is 30.3 Å². The number of nitrogens with one attached hydrogen (secondary N) is 1. The molecule has 7 nitrogen and oxygen atoms in total. The molecule has 1 atom stereocenters. The van der Waals surface area contributed by atoms with Gasteiger partial charge in [0.25, 0.3) is 11.6 Å². The predicted molar refractivity (Wildman–Crippen MR) is 88.9 cm³/mol. The second-order valence-electron chi connectivity index (χ2n) is 5.45. The summed E-state index contributed by atoms with van der Waals surface area (Å²) >= 11 is 0. The maximum absolute atomic E-state index is 12.3. The highest BCUT2D eigenvalue weighted by atomic mass is 16.6. The Bertz CT molecular complexity index is 818. The van der Waals surface area contributed by atoms with Crippen molar-refractivity contribution in [3.8, 4) is 0 Å². The molecule has 1 amide bonds. The van der Waals surface area contributed by atoms with Gasteiger partial charge in [-0.25, -0.2) is 0 Å². The molecule has 1 aliphatic heterocycles. The van der Waals surface area contributed by atoms with Gasteiger partial charge in [0, 0.05) is 23.7 Å². The van der Waals surface area contributed by atoms with Crippen molar-refractivity contribution in [2.75, 3.05) is 5.32 Å². The van der Waals surface area contributed by atoms with Gasteiger partial charge in [-0.15, -0.1) is 0 Å². The van der Waals surface area contributed by atoms with Crippen LogP contribution in [0.1, 0.15) is 17.5 Å². The lowest BCUT2D eigenvalue weighted by molar-refractivity contribution is -0.385. The molecule has 1 N–H and O–H groups in total. The zero-order valence-corrected chi connectivity index (χ0v) is 12.9. The van der Waals surface area contributed by atoms with Crippen LogP contribution in [0.2, 0.25) is 0 Å². The number of nitrogens with zero attached hydrogens (tertiary/aromatic N) is 2. The van der Waals surface area contributed by atoms with E-state index in [1.165, 1.54) is 6.07 Å². The van der Waals surface area contributed by atoms with E-state index in [0.717, 1.165) is 5.56 Å². The van der Waals surface area contributed by atoms with Crippen LogP contribution in [0.3, 0.4) is 0 Å². The molecular formula is C17H15N3O4. The van der Waals surface area contributed by atoms with E-state index in [1.54, 1.807) is 19.1 Å². The minimum atomic E-state index is -0.749. The van der Waals surface area contributed by atoms with Crippen LogP contribution in [0.4, 0.5) is 11.4 Å². The number of carbonyl (C=O) groups excluding carboxylic acids is 1. The fourth-order valence-electron chi connectivity index (χ4n) is 2.43. The van der Waals surface area contributed by atoms with E-state index in [0.29, 0.717) is 23.4 Å². The molecule has 2 aromatic rings. The molecule has 1 aliphatic rings. The molecule has 24 heavy (non-hydrogen) atoms. The van der Waals surface area contributed by atoms with Gasteiger partial charge in [0.1, 0.15) is 0 Å². The van der Waals surface area contributed by atoms with Crippen molar-refractivity contribution in [3.05, 3.63) is 69.8 Å². The van der Waals surface area contributed by atoms with Crippen molar-refractivity contribution in [3.63, 3.8) is 0 Å². The molecule has 3 rings (SSSR count). The number of nitro benzene ring substituents is 1. The zero-order valence-electron chi connectivity index (χ0n) is 12.9. The molecule has 1 heterocycles. The average Bonchev–Trinajstić information content (AvgIpc) is 3.07. The Morgan fingerprint density at radius 1 is 1.29 bits per heavy atom. The predicted octanol–water partition coefficient (Wildman–Crippen LogP) is 3.03. The minimum Gasteiger partial charge on any atom is -0.382 e. The number of oxime groups is 1. The molecule has 0 bridgehead atoms. The monoisotopic (exact) mass is 325 g/mol. The summed E-state index contributed by atoms with van der Waals surface area (Å²) in [5, 5.41) is 17.6. The topological polar surface area (TPSA) is 93.8 Å². The van der Waals surface area contributed by atoms with Crippen LogP contribution >= 0.6 is 0 Å². The molecule has 0 unspecified atom stereocenters. The van der Waals surface area contributed by atoms with E-state index < -0.39 is 11.0 Å². The number of anilines is 1. The summed E-state index contributed by atoms with van der Waals surface area (Å²) in [5.74, 6) is -0.386. The van der Waals surface area contributed by atoms with Crippen LogP contribution in [0.5, 0.6) is 0 Å². The molecular weight excluding hydrogens is 310 g/mol. The molecule has 0 spiro atoms. The van der Waals surface area contributed by atoms with Crippen molar-refractivity contribution in [1.82, 2.24) is 0 Å². The van der Waals surface area contributed by atoms with Gasteiger partial charge in [0.2, 0.25) is 6.10 Å². The SMILES string of the molecule is Cc1ccc(NC(=O)[C@H]2CC(c3ccccc3)=NO2)cc1[N+](=O)[O-]. The van der Waals surface area contributed by atoms with Gasteiger partial charge in [-0.3, -0.25) is 14.9 Å². The quantitative estimate of drug-likeness (QED) is 0.690. The fraction of sp³-hybridized carbons (Fsp3) is 0.176. The van der Waals surface area contributed by atoms with Gasteiger partial charge in [-0.2, -0.15) is 0 Å². The van der Waals surface area contributed by atoms with Crippen molar-refractivity contribution in [2.45, 2.75) is 19.4 Å². The summed E-state index contributed by atoms with van der Waals surface area (Å²) in [7, 11) is 0. The van der Waals surface area contributed by atoms with Gasteiger partial charge in [-0.05, 0) is 18.6 Å². The van der Waals surface area contributed by atoms with Gasteiger partial charge < -0.3 is 10.2 Å². The first kappa shape index (κ1) is 15.7. The van der Waals surface area contributed by atoms with E-state index in [9.17, 15) is 14.9 Å². The highest BCUT2D eigenvalue weighted by Crippen LogP contribution is 2.23. The number of benzene rings is 2. The molecule has 122 valence electrons. The average molecular weight is 325 g/mol. The Kier molecular flexibility index (Phi) is 4.24. The largest absolute Gasteiger partial charge is 0.382 e. The van der Waals surface area contributed by atoms with Crippen LogP contribution in [0.15, 0.2) is 53.7 Å². The molecule has 0 aliphatic carbocycles. The maximum atomic E-state index is 12.3. The Balaban J connectivity index is 1.67. The van der Waals surface area contributed by atoms with Gasteiger partial charge in [-0.1, -0.05) is 41.6 Å². The summed E-state index contributed by atoms with van der Waals surface area (Å²) in [4.78, 5) is 28.0. The third-order valence-electron chi connectivity index (χ3n) is 3.74. The fourth-order valence-corrected chi connectivity index (χ4v) is 2.43. The number of aryl methyl sites for hydroxylation is 1. The molecule has 0 radical (unpaired) electrons. The van der Waals surface area contributed by atoms with Crippen LogP contribution in [-0.2, 0) is 9.63 Å². The van der Waals surface area contributed by atoms with E-state index in [4.69, 9.17) is 4.84 Å². The number of nitro groups is 1. The molecule has 0 aromatic heterocycles. The number of carbonyl (C=O) groups is 1. The van der Waals surface area contributed by atoms with Gasteiger partial charge in [0.15, 0.2) is 0 Å². The highest BCUT2D eigenvalue weighted by Gasteiger charge is 2.29. The third-order valence-corrected chi connectivity index (χ3v) is 3.74. The van der Waals surface area contributed by atoms with Crippen LogP contribution in [0.25, 0.3) is 0 Å². The van der Waals surface area contributed by atoms with Crippen molar-refractivity contribution in [2.24, 2.45) is 5.16 Å². The Labute approximate surface area is 138 Å². The van der Waals surface area contributed by atoms with E-state index in [-0.39, 0.29) is 11.6 Å². The second-order valence-corrected chi connectivity index (χ2v) is 5.45. The van der Waals surface area contributed by atoms with Crippen molar-refractivity contribution in [1.29, 1.82) is 0 Å². The summed E-state index contributed by atoms with van der Waals surface area (Å²) in [5.41, 5.74) is 2.45. The van der Waals surface area contributed by atoms with Gasteiger partial charge in [0.05, 0.1) is 10.6 Å². The van der Waals surface area contributed by atoms with E-state index in [2.05, 4.69) is 10.5 Å². The second kappa shape index (κ2) is 6.49. The van der Waals surface area contributed by atoms with Crippen molar-refractivity contribution >= 4 is 23.0 Å². The van der Waals surface area contributed by atoms with Crippen molar-refractivity contribution < 1.29 is 14.6 Å². The van der Waals surface area contributed by atoms with Crippen LogP contribution in [0, 0.1) is 17.0 Å². The number of amides is 1. The van der Waals surface area contributed by atoms with E-state index >= 15 is 0 Å². The maximum Gasteiger partial charge on any atom is 0.274 e. The first-order valence-corrected chi connectivity index (χ1v) is 7.38. The number of hydrogen-bond acceptors (Lipinski definition) is 5.